The third-order valence-corrected chi connectivity index (χ3v) is 2.62. The van der Waals surface area contributed by atoms with Gasteiger partial charge in [0.05, 0.1) is 18.2 Å². The first kappa shape index (κ1) is 10.8. The van der Waals surface area contributed by atoms with Crippen LogP contribution in [0.25, 0.3) is 0 Å². The van der Waals surface area contributed by atoms with Crippen molar-refractivity contribution in [3.63, 3.8) is 0 Å². The number of aliphatic hydroxyl groups excluding tert-OH is 1. The Labute approximate surface area is 94.6 Å². The summed E-state index contributed by atoms with van der Waals surface area (Å²) in [4.78, 5) is 8.22. The maximum absolute atomic E-state index is 10.2. The molecule has 84 valence electrons. The molecule has 1 unspecified atom stereocenters. The fourth-order valence-electron chi connectivity index (χ4n) is 1.63. The molecule has 4 heteroatoms. The monoisotopic (exact) mass is 217 g/mol. The third kappa shape index (κ3) is 1.97. The molecule has 16 heavy (non-hydrogen) atoms. The van der Waals surface area contributed by atoms with E-state index in [1.54, 1.807) is 18.7 Å². The lowest BCUT2D eigenvalue weighted by molar-refractivity contribution is 0.209. The molecule has 2 heterocycles. The molecule has 0 fully saturated rings. The van der Waals surface area contributed by atoms with Crippen LogP contribution in [0.4, 0.5) is 0 Å². The summed E-state index contributed by atoms with van der Waals surface area (Å²) in [5, 5.41) is 10.2. The molecule has 0 bridgehead atoms. The van der Waals surface area contributed by atoms with Crippen molar-refractivity contribution in [2.45, 2.75) is 26.5 Å². The fraction of sp³-hybridized carbons (Fsp3) is 0.333. The predicted octanol–water partition coefficient (Wildman–Crippen LogP) is 1.69. The Morgan fingerprint density at radius 3 is 2.81 bits per heavy atom. The number of hydrogen-bond donors (Lipinski definition) is 1. The summed E-state index contributed by atoms with van der Waals surface area (Å²) < 4.78 is 1.92. The normalized spacial score (nSPS) is 12.7. The van der Waals surface area contributed by atoms with Gasteiger partial charge in [-0.1, -0.05) is 6.07 Å². The molecular weight excluding hydrogens is 202 g/mol. The van der Waals surface area contributed by atoms with E-state index in [0.29, 0.717) is 0 Å². The molecule has 1 N–H and O–H groups in total. The lowest BCUT2D eigenvalue weighted by Crippen LogP contribution is -2.07. The van der Waals surface area contributed by atoms with Gasteiger partial charge in [0.15, 0.2) is 0 Å². The molecule has 1 atom stereocenters. The number of hydrogen-bond acceptors (Lipinski definition) is 3. The van der Waals surface area contributed by atoms with Crippen LogP contribution in [0.5, 0.6) is 0 Å². The highest BCUT2D eigenvalue weighted by Gasteiger charge is 2.14. The Kier molecular flexibility index (Phi) is 3.01. The van der Waals surface area contributed by atoms with Crippen LogP contribution in [0.15, 0.2) is 30.9 Å². The lowest BCUT2D eigenvalue weighted by atomic mass is 10.1. The highest BCUT2D eigenvalue weighted by Crippen LogP contribution is 2.20. The van der Waals surface area contributed by atoms with E-state index in [0.717, 1.165) is 23.5 Å². The van der Waals surface area contributed by atoms with Gasteiger partial charge in [-0.3, -0.25) is 4.98 Å². The van der Waals surface area contributed by atoms with Gasteiger partial charge in [-0.25, -0.2) is 4.98 Å². The summed E-state index contributed by atoms with van der Waals surface area (Å²) in [6.45, 7) is 4.74. The van der Waals surface area contributed by atoms with Crippen LogP contribution in [0, 0.1) is 6.92 Å². The van der Waals surface area contributed by atoms with Crippen molar-refractivity contribution in [1.29, 1.82) is 0 Å². The minimum atomic E-state index is -0.657. The molecular formula is C12H15N3O. The quantitative estimate of drug-likeness (QED) is 0.851. The topological polar surface area (TPSA) is 50.9 Å². The number of pyridine rings is 1. The van der Waals surface area contributed by atoms with Gasteiger partial charge in [-0.05, 0) is 19.9 Å². The molecule has 0 aliphatic heterocycles. The largest absolute Gasteiger partial charge is 0.382 e. The van der Waals surface area contributed by atoms with Crippen LogP contribution >= 0.6 is 0 Å². The van der Waals surface area contributed by atoms with E-state index in [1.165, 1.54) is 0 Å². The summed E-state index contributed by atoms with van der Waals surface area (Å²) in [5.74, 6) is 0. The molecule has 0 saturated heterocycles. The zero-order valence-corrected chi connectivity index (χ0v) is 9.46. The van der Waals surface area contributed by atoms with Crippen molar-refractivity contribution in [3.05, 3.63) is 47.8 Å². The summed E-state index contributed by atoms with van der Waals surface area (Å²) in [5.41, 5.74) is 2.54. The molecule has 0 amide bonds. The zero-order valence-electron chi connectivity index (χ0n) is 9.46. The molecule has 0 saturated carbocycles. The smallest absolute Gasteiger partial charge is 0.122 e. The van der Waals surface area contributed by atoms with E-state index < -0.39 is 6.10 Å². The molecule has 2 aromatic heterocycles. The third-order valence-electron chi connectivity index (χ3n) is 2.62. The molecule has 0 aliphatic rings. The van der Waals surface area contributed by atoms with Gasteiger partial charge >= 0.3 is 0 Å². The zero-order chi connectivity index (χ0) is 11.5. The number of aromatic nitrogens is 3. The average molecular weight is 217 g/mol. The van der Waals surface area contributed by atoms with Gasteiger partial charge < -0.3 is 9.67 Å². The van der Waals surface area contributed by atoms with Crippen molar-refractivity contribution < 1.29 is 5.11 Å². The van der Waals surface area contributed by atoms with Crippen LogP contribution in [0.3, 0.4) is 0 Å². The Balaban J connectivity index is 2.31. The van der Waals surface area contributed by atoms with Gasteiger partial charge in [-0.15, -0.1) is 0 Å². The van der Waals surface area contributed by atoms with Crippen LogP contribution in [0.2, 0.25) is 0 Å². The Hall–Kier alpha value is -1.68. The van der Waals surface area contributed by atoms with Crippen molar-refractivity contribution in [1.82, 2.24) is 14.5 Å². The second-order valence-electron chi connectivity index (χ2n) is 3.74. The fourth-order valence-corrected chi connectivity index (χ4v) is 1.63. The van der Waals surface area contributed by atoms with Gasteiger partial charge in [0.2, 0.25) is 0 Å². The minimum absolute atomic E-state index is 0.657. The van der Waals surface area contributed by atoms with E-state index in [2.05, 4.69) is 9.97 Å². The Morgan fingerprint density at radius 1 is 1.38 bits per heavy atom. The Morgan fingerprint density at radius 2 is 2.19 bits per heavy atom. The van der Waals surface area contributed by atoms with E-state index >= 15 is 0 Å². The van der Waals surface area contributed by atoms with E-state index in [9.17, 15) is 5.11 Å². The standard InChI is InChI=1S/C12H15N3O/c1-3-15-8-13-7-11(15)12(16)10-5-4-9(2)14-6-10/h4-8,12,16H,3H2,1-2H3. The summed E-state index contributed by atoms with van der Waals surface area (Å²) in [6.07, 6.45) is 4.46. The highest BCUT2D eigenvalue weighted by molar-refractivity contribution is 5.23. The maximum atomic E-state index is 10.2. The molecule has 2 aromatic rings. The second-order valence-corrected chi connectivity index (χ2v) is 3.74. The van der Waals surface area contributed by atoms with Gasteiger partial charge in [0, 0.05) is 24.0 Å². The number of aryl methyl sites for hydroxylation is 2. The second kappa shape index (κ2) is 4.45. The van der Waals surface area contributed by atoms with Crippen LogP contribution in [-0.4, -0.2) is 19.6 Å². The van der Waals surface area contributed by atoms with E-state index in [-0.39, 0.29) is 0 Å². The van der Waals surface area contributed by atoms with E-state index in [4.69, 9.17) is 0 Å². The number of rotatable bonds is 3. The first-order chi connectivity index (χ1) is 7.72. The molecule has 2 rings (SSSR count). The first-order valence-corrected chi connectivity index (χ1v) is 5.33. The van der Waals surface area contributed by atoms with Crippen LogP contribution in [-0.2, 0) is 6.54 Å². The highest BCUT2D eigenvalue weighted by atomic mass is 16.3. The summed E-state index contributed by atoms with van der Waals surface area (Å²) in [6, 6.07) is 3.78. The van der Waals surface area contributed by atoms with Crippen molar-refractivity contribution in [2.75, 3.05) is 0 Å². The molecule has 0 aliphatic carbocycles. The number of imidazole rings is 1. The SMILES string of the molecule is CCn1cncc1C(O)c1ccc(C)nc1. The van der Waals surface area contributed by atoms with Gasteiger partial charge in [0.25, 0.3) is 0 Å². The summed E-state index contributed by atoms with van der Waals surface area (Å²) >= 11 is 0. The summed E-state index contributed by atoms with van der Waals surface area (Å²) in [7, 11) is 0. The number of nitrogens with zero attached hydrogens (tertiary/aromatic N) is 3. The molecule has 0 aromatic carbocycles. The molecule has 4 nitrogen and oxygen atoms in total. The molecule has 0 radical (unpaired) electrons. The molecule has 0 spiro atoms. The average Bonchev–Trinajstić information content (AvgIpc) is 2.77. The predicted molar refractivity (Wildman–Crippen MR) is 60.9 cm³/mol. The van der Waals surface area contributed by atoms with Crippen molar-refractivity contribution in [3.8, 4) is 0 Å². The van der Waals surface area contributed by atoms with Crippen LogP contribution < -0.4 is 0 Å². The first-order valence-electron chi connectivity index (χ1n) is 5.33. The number of aliphatic hydroxyl groups is 1. The lowest BCUT2D eigenvalue weighted by Gasteiger charge is -2.12. The van der Waals surface area contributed by atoms with Crippen LogP contribution in [0.1, 0.15) is 30.0 Å². The van der Waals surface area contributed by atoms with Crippen molar-refractivity contribution in [2.24, 2.45) is 0 Å². The van der Waals surface area contributed by atoms with Gasteiger partial charge in [-0.2, -0.15) is 0 Å². The minimum Gasteiger partial charge on any atom is -0.382 e. The maximum Gasteiger partial charge on any atom is 0.122 e. The Bertz CT molecular complexity index is 461. The van der Waals surface area contributed by atoms with E-state index in [1.807, 2.05) is 30.5 Å². The van der Waals surface area contributed by atoms with Gasteiger partial charge in [0.1, 0.15) is 6.10 Å². The van der Waals surface area contributed by atoms with Crippen molar-refractivity contribution >= 4 is 0 Å².